The molecule has 0 bridgehead atoms. The van der Waals surface area contributed by atoms with Crippen molar-refractivity contribution < 1.29 is 22.7 Å². The number of hydrogen-bond acceptors (Lipinski definition) is 7. The number of nitrogens with one attached hydrogen (secondary N) is 1. The molecule has 0 saturated carbocycles. The summed E-state index contributed by atoms with van der Waals surface area (Å²) in [6.07, 6.45) is 3.10. The monoisotopic (exact) mass is 540 g/mol. The molecule has 206 valence electrons. The highest BCUT2D eigenvalue weighted by Crippen LogP contribution is 2.36. The highest BCUT2D eigenvalue weighted by Gasteiger charge is 2.29. The molecule has 0 radical (unpaired) electrons. The molecule has 0 spiro atoms. The molecular formula is C28H31F3N6O2. The molecule has 2 aliphatic rings. The van der Waals surface area contributed by atoms with E-state index in [1.165, 1.54) is 12.1 Å². The smallest absolute Gasteiger partial charge is 0.255 e. The Morgan fingerprint density at radius 3 is 2.23 bits per heavy atom. The second-order valence-electron chi connectivity index (χ2n) is 10.1. The number of nitrogens with zero attached hydrogens (tertiary/aromatic N) is 5. The molecule has 1 aromatic heterocycles. The Kier molecular flexibility index (Phi) is 7.72. The lowest BCUT2D eigenvalue weighted by atomic mass is 10.0. The van der Waals surface area contributed by atoms with Crippen LogP contribution in [-0.2, 0) is 4.74 Å². The Morgan fingerprint density at radius 1 is 0.923 bits per heavy atom. The average molecular weight is 541 g/mol. The molecule has 0 unspecified atom stereocenters. The first kappa shape index (κ1) is 26.9. The summed E-state index contributed by atoms with van der Waals surface area (Å²) < 4.78 is 48.3. The Morgan fingerprint density at radius 2 is 1.59 bits per heavy atom. The third kappa shape index (κ3) is 5.69. The zero-order valence-corrected chi connectivity index (χ0v) is 22.1. The third-order valence-electron chi connectivity index (χ3n) is 7.46. The standard InChI is InChI=1S/C28H31F3N6O2/c1-17-15-37(16-18(2)35(17)3)26-12-23(30)21(20-13-32-28(33-14-20)36-6-8-39-9-7-36)11-25(26)34-27(38)19-4-5-22(29)24(31)10-19/h4-5,10-14,17-18H,6-9,15-16H2,1-3H3,(H,34,38)/t17-,18+. The van der Waals surface area contributed by atoms with Crippen LogP contribution in [0.3, 0.4) is 0 Å². The maximum atomic E-state index is 15.6. The minimum Gasteiger partial charge on any atom is -0.378 e. The van der Waals surface area contributed by atoms with Gasteiger partial charge in [-0.15, -0.1) is 0 Å². The molecule has 1 amide bonds. The van der Waals surface area contributed by atoms with E-state index in [1.807, 2.05) is 16.8 Å². The maximum absolute atomic E-state index is 15.6. The molecule has 1 N–H and O–H groups in total. The number of aromatic nitrogens is 2. The number of ether oxygens (including phenoxy) is 1. The largest absolute Gasteiger partial charge is 0.378 e. The fraction of sp³-hybridized carbons (Fsp3) is 0.393. The van der Waals surface area contributed by atoms with E-state index in [-0.39, 0.29) is 23.2 Å². The molecule has 3 aromatic rings. The summed E-state index contributed by atoms with van der Waals surface area (Å²) in [7, 11) is 2.04. The molecule has 0 aliphatic carbocycles. The summed E-state index contributed by atoms with van der Waals surface area (Å²) in [6.45, 7) is 7.92. The molecule has 2 saturated heterocycles. The molecule has 3 heterocycles. The highest BCUT2D eigenvalue weighted by atomic mass is 19.2. The van der Waals surface area contributed by atoms with Gasteiger partial charge in [0.05, 0.1) is 24.6 Å². The van der Waals surface area contributed by atoms with Gasteiger partial charge in [0.2, 0.25) is 5.95 Å². The number of carbonyl (C=O) groups excluding carboxylic acids is 1. The molecule has 2 fully saturated rings. The van der Waals surface area contributed by atoms with E-state index in [4.69, 9.17) is 4.74 Å². The Labute approximate surface area is 225 Å². The van der Waals surface area contributed by atoms with E-state index < -0.39 is 23.4 Å². The van der Waals surface area contributed by atoms with Gasteiger partial charge in [-0.25, -0.2) is 23.1 Å². The topological polar surface area (TPSA) is 73.8 Å². The lowest BCUT2D eigenvalue weighted by Crippen LogP contribution is -2.55. The van der Waals surface area contributed by atoms with E-state index >= 15 is 4.39 Å². The van der Waals surface area contributed by atoms with E-state index in [0.717, 1.165) is 12.1 Å². The number of halogens is 3. The summed E-state index contributed by atoms with van der Waals surface area (Å²) in [6, 6.07) is 6.27. The van der Waals surface area contributed by atoms with Gasteiger partial charge in [-0.2, -0.15) is 0 Å². The van der Waals surface area contributed by atoms with Crippen molar-refractivity contribution in [1.29, 1.82) is 0 Å². The van der Waals surface area contributed by atoms with Gasteiger partial charge >= 0.3 is 0 Å². The number of rotatable bonds is 5. The highest BCUT2D eigenvalue weighted by molar-refractivity contribution is 6.06. The van der Waals surface area contributed by atoms with Gasteiger partial charge in [0, 0.05) is 67.3 Å². The number of benzene rings is 2. The zero-order chi connectivity index (χ0) is 27.7. The van der Waals surface area contributed by atoms with Crippen LogP contribution >= 0.6 is 0 Å². The van der Waals surface area contributed by atoms with Gasteiger partial charge in [0.15, 0.2) is 11.6 Å². The predicted molar refractivity (Wildman–Crippen MR) is 144 cm³/mol. The number of likely N-dealkylation sites (N-methyl/N-ethyl adjacent to an activating group) is 1. The van der Waals surface area contributed by atoms with Gasteiger partial charge in [-0.1, -0.05) is 0 Å². The quantitative estimate of drug-likeness (QED) is 0.521. The van der Waals surface area contributed by atoms with E-state index in [2.05, 4.69) is 34.0 Å². The van der Waals surface area contributed by atoms with Gasteiger partial charge in [-0.3, -0.25) is 9.69 Å². The molecule has 5 rings (SSSR count). The van der Waals surface area contributed by atoms with Crippen LogP contribution in [0.2, 0.25) is 0 Å². The zero-order valence-electron chi connectivity index (χ0n) is 22.1. The molecule has 11 heteroatoms. The second-order valence-corrected chi connectivity index (χ2v) is 10.1. The average Bonchev–Trinajstić information content (AvgIpc) is 2.94. The lowest BCUT2D eigenvalue weighted by molar-refractivity contribution is 0.102. The van der Waals surface area contributed by atoms with Crippen LogP contribution in [0.15, 0.2) is 42.7 Å². The van der Waals surface area contributed by atoms with Crippen molar-refractivity contribution >= 4 is 23.2 Å². The third-order valence-corrected chi connectivity index (χ3v) is 7.46. The SMILES string of the molecule is C[C@@H]1CN(c2cc(F)c(-c3cnc(N4CCOCC4)nc3)cc2NC(=O)c2ccc(F)c(F)c2)C[C@H](C)N1C. The minimum absolute atomic E-state index is 0.0518. The molecule has 2 aliphatic heterocycles. The van der Waals surface area contributed by atoms with Gasteiger partial charge in [-0.05, 0) is 51.2 Å². The van der Waals surface area contributed by atoms with Gasteiger partial charge in [0.25, 0.3) is 5.91 Å². The molecule has 2 atom stereocenters. The number of hydrogen-bond donors (Lipinski definition) is 1. The molecule has 39 heavy (non-hydrogen) atoms. The van der Waals surface area contributed by atoms with Crippen molar-refractivity contribution in [3.05, 3.63) is 65.7 Å². The van der Waals surface area contributed by atoms with Gasteiger partial charge < -0.3 is 19.9 Å². The van der Waals surface area contributed by atoms with E-state index in [9.17, 15) is 13.6 Å². The summed E-state index contributed by atoms with van der Waals surface area (Å²) >= 11 is 0. The number of carbonyl (C=O) groups is 1. The van der Waals surface area contributed by atoms with Crippen molar-refractivity contribution in [3.8, 4) is 11.1 Å². The van der Waals surface area contributed by atoms with Crippen molar-refractivity contribution in [3.63, 3.8) is 0 Å². The summed E-state index contributed by atoms with van der Waals surface area (Å²) in [5, 5.41) is 2.80. The maximum Gasteiger partial charge on any atom is 0.255 e. The molecule has 8 nitrogen and oxygen atoms in total. The van der Waals surface area contributed by atoms with Crippen LogP contribution in [0, 0.1) is 17.5 Å². The van der Waals surface area contributed by atoms with Crippen LogP contribution in [-0.4, -0.2) is 79.3 Å². The first-order valence-electron chi connectivity index (χ1n) is 12.9. The van der Waals surface area contributed by atoms with E-state index in [1.54, 1.807) is 18.5 Å². The number of anilines is 3. The van der Waals surface area contributed by atoms with Crippen LogP contribution in [0.5, 0.6) is 0 Å². The number of morpholine rings is 1. The molecular weight excluding hydrogens is 509 g/mol. The van der Waals surface area contributed by atoms with Crippen LogP contribution in [0.1, 0.15) is 24.2 Å². The minimum atomic E-state index is -1.12. The van der Waals surface area contributed by atoms with Crippen LogP contribution in [0.4, 0.5) is 30.5 Å². The molecule has 2 aromatic carbocycles. The lowest BCUT2D eigenvalue weighted by Gasteiger charge is -2.44. The fourth-order valence-electron chi connectivity index (χ4n) is 4.97. The van der Waals surface area contributed by atoms with Crippen LogP contribution < -0.4 is 15.1 Å². The number of piperazine rings is 1. The first-order chi connectivity index (χ1) is 18.7. The summed E-state index contributed by atoms with van der Waals surface area (Å²) in [4.78, 5) is 28.2. The fourth-order valence-corrected chi connectivity index (χ4v) is 4.97. The predicted octanol–water partition coefficient (Wildman–Crippen LogP) is 4.18. The van der Waals surface area contributed by atoms with Crippen molar-refractivity contribution in [1.82, 2.24) is 14.9 Å². The Balaban J connectivity index is 1.50. The van der Waals surface area contributed by atoms with Crippen molar-refractivity contribution in [2.75, 3.05) is 61.6 Å². The van der Waals surface area contributed by atoms with Crippen molar-refractivity contribution in [2.45, 2.75) is 25.9 Å². The Bertz CT molecular complexity index is 1340. The second kappa shape index (κ2) is 11.2. The normalized spacial score (nSPS) is 20.3. The first-order valence-corrected chi connectivity index (χ1v) is 12.9. The number of amides is 1. The van der Waals surface area contributed by atoms with E-state index in [0.29, 0.717) is 62.3 Å². The van der Waals surface area contributed by atoms with Gasteiger partial charge in [0.1, 0.15) is 5.82 Å². The van der Waals surface area contributed by atoms with Crippen molar-refractivity contribution in [2.24, 2.45) is 0 Å². The van der Waals surface area contributed by atoms with Crippen LogP contribution in [0.25, 0.3) is 11.1 Å². The summed E-state index contributed by atoms with van der Waals surface area (Å²) in [5.41, 5.74) is 1.46. The summed E-state index contributed by atoms with van der Waals surface area (Å²) in [5.74, 6) is -2.76. The Hall–Kier alpha value is -3.70.